The average molecular weight is 363 g/mol. The number of halogens is 1. The molecule has 6 nitrogen and oxygen atoms in total. The summed E-state index contributed by atoms with van der Waals surface area (Å²) < 4.78 is 11.6. The van der Waals surface area contributed by atoms with Gasteiger partial charge in [-0.2, -0.15) is 0 Å². The number of ether oxygens (including phenoxy) is 2. The molecule has 118 valence electrons. The van der Waals surface area contributed by atoms with E-state index in [0.717, 1.165) is 10.0 Å². The summed E-state index contributed by atoms with van der Waals surface area (Å²) in [7, 11) is 0. The second-order valence-corrected chi connectivity index (χ2v) is 5.86. The van der Waals surface area contributed by atoms with E-state index in [0.29, 0.717) is 6.42 Å². The largest absolute Gasteiger partial charge is 0.394 e. The Morgan fingerprint density at radius 2 is 1.71 bits per heavy atom. The molecule has 1 heterocycles. The Bertz CT molecular complexity index is 438. The smallest absolute Gasteiger partial charge is 0.186 e. The summed E-state index contributed by atoms with van der Waals surface area (Å²) in [6.45, 7) is -0.179. The van der Waals surface area contributed by atoms with E-state index in [1.165, 1.54) is 0 Å². The Kier molecular flexibility index (Phi) is 6.12. The molecule has 21 heavy (non-hydrogen) atoms. The summed E-state index contributed by atoms with van der Waals surface area (Å²) in [5.74, 6) is 0. The quantitative estimate of drug-likeness (QED) is 0.579. The van der Waals surface area contributed by atoms with Crippen LogP contribution in [0.3, 0.4) is 0 Å². The van der Waals surface area contributed by atoms with Crippen LogP contribution in [0.25, 0.3) is 0 Å². The third-order valence-electron chi connectivity index (χ3n) is 3.43. The zero-order chi connectivity index (χ0) is 15.4. The van der Waals surface area contributed by atoms with Crippen LogP contribution in [0.15, 0.2) is 28.7 Å². The lowest BCUT2D eigenvalue weighted by Crippen LogP contribution is -2.59. The van der Waals surface area contributed by atoms with E-state index < -0.39 is 37.3 Å². The Morgan fingerprint density at radius 3 is 2.33 bits per heavy atom. The molecular weight excluding hydrogens is 344 g/mol. The van der Waals surface area contributed by atoms with Gasteiger partial charge in [0.15, 0.2) is 6.29 Å². The van der Waals surface area contributed by atoms with Gasteiger partial charge < -0.3 is 29.9 Å². The van der Waals surface area contributed by atoms with E-state index in [1.54, 1.807) is 0 Å². The van der Waals surface area contributed by atoms with Gasteiger partial charge in [0.25, 0.3) is 0 Å². The lowest BCUT2D eigenvalue weighted by molar-refractivity contribution is -0.300. The minimum atomic E-state index is -1.41. The molecule has 0 bridgehead atoms. The molecule has 7 heteroatoms. The van der Waals surface area contributed by atoms with E-state index in [2.05, 4.69) is 15.9 Å². The van der Waals surface area contributed by atoms with Gasteiger partial charge in [0, 0.05) is 4.47 Å². The van der Waals surface area contributed by atoms with Crippen LogP contribution in [-0.4, -0.2) is 64.3 Å². The fraction of sp³-hybridized carbons (Fsp3) is 0.571. The second-order valence-electron chi connectivity index (χ2n) is 4.94. The zero-order valence-corrected chi connectivity index (χ0v) is 12.9. The summed E-state index contributed by atoms with van der Waals surface area (Å²) in [6, 6.07) is 7.73. The second kappa shape index (κ2) is 7.64. The first-order valence-electron chi connectivity index (χ1n) is 6.69. The number of hydrogen-bond donors (Lipinski definition) is 4. The standard InChI is InChI=1S/C14H19BrO6/c15-9-3-1-8(2-4-9)5-6-20-14-13(19)12(18)11(17)10(7-16)21-14/h1-4,10-14,16-19H,5-7H2/t10-,11-,12+,13-,14-/m1/s1. The number of hydrogen-bond acceptors (Lipinski definition) is 6. The molecule has 1 aliphatic rings. The third-order valence-corrected chi connectivity index (χ3v) is 3.96. The first-order valence-corrected chi connectivity index (χ1v) is 7.49. The SMILES string of the molecule is OC[C@H]1O[C@@H](OCCc2ccc(Br)cc2)[C@H](O)[C@@H](O)[C@@H]1O. The maximum absolute atomic E-state index is 9.81. The Labute approximate surface area is 131 Å². The molecular formula is C14H19BrO6. The molecule has 0 aromatic heterocycles. The van der Waals surface area contributed by atoms with Gasteiger partial charge in [0.1, 0.15) is 24.4 Å². The van der Waals surface area contributed by atoms with Crippen LogP contribution >= 0.6 is 15.9 Å². The molecule has 0 radical (unpaired) electrons. The number of rotatable bonds is 5. The molecule has 2 rings (SSSR count). The monoisotopic (exact) mass is 362 g/mol. The van der Waals surface area contributed by atoms with Gasteiger partial charge in [0.2, 0.25) is 0 Å². The van der Waals surface area contributed by atoms with E-state index in [1.807, 2.05) is 24.3 Å². The summed E-state index contributed by atoms with van der Waals surface area (Å²) in [6.07, 6.45) is -5.53. The van der Waals surface area contributed by atoms with Crippen molar-refractivity contribution in [3.8, 4) is 0 Å². The van der Waals surface area contributed by atoms with Crippen molar-refractivity contribution in [2.24, 2.45) is 0 Å². The summed E-state index contributed by atoms with van der Waals surface area (Å²) >= 11 is 3.35. The van der Waals surface area contributed by atoms with Gasteiger partial charge in [-0.25, -0.2) is 0 Å². The van der Waals surface area contributed by atoms with Gasteiger partial charge in [-0.3, -0.25) is 0 Å². The molecule has 0 unspecified atom stereocenters. The van der Waals surface area contributed by atoms with E-state index >= 15 is 0 Å². The molecule has 5 atom stereocenters. The highest BCUT2D eigenvalue weighted by Gasteiger charge is 2.43. The van der Waals surface area contributed by atoms with E-state index in [9.17, 15) is 15.3 Å². The number of aliphatic hydroxyl groups excluding tert-OH is 4. The summed E-state index contributed by atoms with van der Waals surface area (Å²) in [5.41, 5.74) is 1.06. The van der Waals surface area contributed by atoms with Crippen LogP contribution in [0.1, 0.15) is 5.56 Å². The molecule has 0 saturated carbocycles. The normalized spacial score (nSPS) is 33.1. The van der Waals surface area contributed by atoms with Crippen molar-refractivity contribution in [2.75, 3.05) is 13.2 Å². The molecule has 0 amide bonds. The average Bonchev–Trinajstić information content (AvgIpc) is 2.49. The van der Waals surface area contributed by atoms with Crippen molar-refractivity contribution in [2.45, 2.75) is 37.1 Å². The Balaban J connectivity index is 1.85. The third kappa shape index (κ3) is 4.23. The summed E-state index contributed by atoms with van der Waals surface area (Å²) in [5, 5.41) is 38.2. The maximum Gasteiger partial charge on any atom is 0.186 e. The zero-order valence-electron chi connectivity index (χ0n) is 11.3. The molecule has 1 aromatic rings. The Hall–Kier alpha value is -0.540. The van der Waals surface area contributed by atoms with Crippen molar-refractivity contribution < 1.29 is 29.9 Å². The molecule has 1 fully saturated rings. The molecule has 1 aliphatic heterocycles. The molecule has 1 saturated heterocycles. The fourth-order valence-electron chi connectivity index (χ4n) is 2.15. The van der Waals surface area contributed by atoms with E-state index in [-0.39, 0.29) is 6.61 Å². The lowest BCUT2D eigenvalue weighted by atomic mass is 9.99. The Morgan fingerprint density at radius 1 is 1.05 bits per heavy atom. The predicted octanol–water partition coefficient (Wildman–Crippen LogP) is -0.192. The highest BCUT2D eigenvalue weighted by molar-refractivity contribution is 9.10. The van der Waals surface area contributed by atoms with Crippen LogP contribution < -0.4 is 0 Å². The van der Waals surface area contributed by atoms with Crippen molar-refractivity contribution in [1.29, 1.82) is 0 Å². The van der Waals surface area contributed by atoms with Crippen LogP contribution in [0.2, 0.25) is 0 Å². The predicted molar refractivity (Wildman–Crippen MR) is 77.6 cm³/mol. The number of aliphatic hydroxyl groups is 4. The van der Waals surface area contributed by atoms with Gasteiger partial charge >= 0.3 is 0 Å². The summed E-state index contributed by atoms with van der Waals surface area (Å²) in [4.78, 5) is 0. The highest BCUT2D eigenvalue weighted by atomic mass is 79.9. The van der Waals surface area contributed by atoms with Crippen molar-refractivity contribution in [3.05, 3.63) is 34.3 Å². The molecule has 0 spiro atoms. The van der Waals surface area contributed by atoms with Gasteiger partial charge in [-0.15, -0.1) is 0 Å². The minimum absolute atomic E-state index is 0.282. The minimum Gasteiger partial charge on any atom is -0.394 e. The van der Waals surface area contributed by atoms with E-state index in [4.69, 9.17) is 14.6 Å². The first kappa shape index (κ1) is 16.8. The van der Waals surface area contributed by atoms with Crippen LogP contribution in [0, 0.1) is 0 Å². The van der Waals surface area contributed by atoms with Crippen molar-refractivity contribution >= 4 is 15.9 Å². The highest BCUT2D eigenvalue weighted by Crippen LogP contribution is 2.22. The molecule has 1 aromatic carbocycles. The van der Waals surface area contributed by atoms with Crippen molar-refractivity contribution in [1.82, 2.24) is 0 Å². The van der Waals surface area contributed by atoms with Crippen molar-refractivity contribution in [3.63, 3.8) is 0 Å². The van der Waals surface area contributed by atoms with Crippen LogP contribution in [-0.2, 0) is 15.9 Å². The first-order chi connectivity index (χ1) is 10.0. The molecule has 4 N–H and O–H groups in total. The molecule has 0 aliphatic carbocycles. The number of benzene rings is 1. The van der Waals surface area contributed by atoms with Gasteiger partial charge in [-0.1, -0.05) is 28.1 Å². The fourth-order valence-corrected chi connectivity index (χ4v) is 2.41. The maximum atomic E-state index is 9.81. The van der Waals surface area contributed by atoms with Crippen LogP contribution in [0.4, 0.5) is 0 Å². The van der Waals surface area contributed by atoms with Crippen LogP contribution in [0.5, 0.6) is 0 Å². The van der Waals surface area contributed by atoms with Gasteiger partial charge in [-0.05, 0) is 24.1 Å². The topological polar surface area (TPSA) is 99.4 Å². The van der Waals surface area contributed by atoms with Gasteiger partial charge in [0.05, 0.1) is 13.2 Å². The lowest BCUT2D eigenvalue weighted by Gasteiger charge is -2.39.